The number of ketones is 1. The van der Waals surface area contributed by atoms with Crippen LogP contribution in [0.2, 0.25) is 0 Å². The second-order valence-electron chi connectivity index (χ2n) is 6.24. The molecule has 0 spiro atoms. The summed E-state index contributed by atoms with van der Waals surface area (Å²) in [6.45, 7) is 3.50. The van der Waals surface area contributed by atoms with E-state index in [0.29, 0.717) is 12.5 Å². The smallest absolute Gasteiger partial charge is 0.131 e. The molecule has 0 aromatic carbocycles. The third-order valence-electron chi connectivity index (χ3n) is 4.55. The Morgan fingerprint density at radius 3 is 2.67 bits per heavy atom. The Kier molecular flexibility index (Phi) is 5.19. The molecule has 2 atom stereocenters. The van der Waals surface area contributed by atoms with Crippen LogP contribution in [0.15, 0.2) is 0 Å². The number of aliphatic hydroxyl groups is 1. The lowest BCUT2D eigenvalue weighted by atomic mass is 9.99. The fourth-order valence-corrected chi connectivity index (χ4v) is 3.67. The van der Waals surface area contributed by atoms with Gasteiger partial charge in [0, 0.05) is 19.0 Å². The normalized spacial score (nSPS) is 27.8. The number of carbonyl (C=O) groups excluding carboxylic acids is 1. The topological polar surface area (TPSA) is 40.5 Å². The molecule has 0 aromatic heterocycles. The van der Waals surface area contributed by atoms with Crippen LogP contribution in [-0.4, -0.2) is 41.0 Å². The summed E-state index contributed by atoms with van der Waals surface area (Å²) >= 11 is 0. The molecule has 2 rings (SSSR count). The summed E-state index contributed by atoms with van der Waals surface area (Å²) < 4.78 is 0. The number of rotatable bonds is 6. The van der Waals surface area contributed by atoms with Crippen molar-refractivity contribution < 1.29 is 9.90 Å². The molecule has 1 aliphatic heterocycles. The predicted molar refractivity (Wildman–Crippen MR) is 72.5 cm³/mol. The van der Waals surface area contributed by atoms with Crippen molar-refractivity contribution in [3.8, 4) is 0 Å². The molecule has 1 heterocycles. The highest BCUT2D eigenvalue weighted by Crippen LogP contribution is 2.29. The summed E-state index contributed by atoms with van der Waals surface area (Å²) in [6.07, 6.45) is 9.01. The van der Waals surface area contributed by atoms with E-state index in [4.69, 9.17) is 0 Å². The standard InChI is InChI=1S/C15H27NO2/c1-12(17)9-14-7-4-8-16(14)11-15(18)10-13-5-2-3-6-13/h13-15,18H,2-11H2,1H3. The third kappa shape index (κ3) is 4.06. The van der Waals surface area contributed by atoms with Crippen molar-refractivity contribution in [3.63, 3.8) is 0 Å². The summed E-state index contributed by atoms with van der Waals surface area (Å²) in [5.41, 5.74) is 0. The highest BCUT2D eigenvalue weighted by molar-refractivity contribution is 5.76. The fraction of sp³-hybridized carbons (Fsp3) is 0.933. The molecule has 0 radical (unpaired) electrons. The Bertz CT molecular complexity index is 274. The lowest BCUT2D eigenvalue weighted by Crippen LogP contribution is -2.37. The van der Waals surface area contributed by atoms with Gasteiger partial charge in [0.2, 0.25) is 0 Å². The van der Waals surface area contributed by atoms with Crippen LogP contribution in [-0.2, 0) is 4.79 Å². The van der Waals surface area contributed by atoms with Gasteiger partial charge in [-0.2, -0.15) is 0 Å². The maximum atomic E-state index is 11.2. The van der Waals surface area contributed by atoms with Gasteiger partial charge in [-0.25, -0.2) is 0 Å². The fourth-order valence-electron chi connectivity index (χ4n) is 3.67. The summed E-state index contributed by atoms with van der Waals surface area (Å²) in [7, 11) is 0. The van der Waals surface area contributed by atoms with Crippen LogP contribution >= 0.6 is 0 Å². The third-order valence-corrected chi connectivity index (χ3v) is 4.55. The largest absolute Gasteiger partial charge is 0.392 e. The van der Waals surface area contributed by atoms with Crippen molar-refractivity contribution in [1.29, 1.82) is 0 Å². The Morgan fingerprint density at radius 1 is 1.28 bits per heavy atom. The van der Waals surface area contributed by atoms with Gasteiger partial charge in [0.1, 0.15) is 5.78 Å². The number of carbonyl (C=O) groups is 1. The van der Waals surface area contributed by atoms with Gasteiger partial charge in [0.15, 0.2) is 0 Å². The zero-order valence-corrected chi connectivity index (χ0v) is 11.6. The first-order valence-electron chi connectivity index (χ1n) is 7.56. The average Bonchev–Trinajstić information content (AvgIpc) is 2.91. The molecular weight excluding hydrogens is 226 g/mol. The van der Waals surface area contributed by atoms with Gasteiger partial charge in [0.05, 0.1) is 6.10 Å². The number of likely N-dealkylation sites (tertiary alicyclic amines) is 1. The van der Waals surface area contributed by atoms with Crippen LogP contribution < -0.4 is 0 Å². The second kappa shape index (κ2) is 6.67. The molecule has 104 valence electrons. The summed E-state index contributed by atoms with van der Waals surface area (Å²) in [5, 5.41) is 10.2. The molecule has 1 saturated carbocycles. The van der Waals surface area contributed by atoms with Crippen molar-refractivity contribution in [1.82, 2.24) is 4.90 Å². The number of β-amino-alcohol motifs (C(OH)–C–C–N with tert-alkyl or cyclic N) is 1. The predicted octanol–water partition coefficient (Wildman–Crippen LogP) is 2.37. The number of nitrogens with zero attached hydrogens (tertiary/aromatic N) is 1. The Morgan fingerprint density at radius 2 is 2.00 bits per heavy atom. The van der Waals surface area contributed by atoms with Gasteiger partial charge in [-0.05, 0) is 38.6 Å². The van der Waals surface area contributed by atoms with Crippen LogP contribution in [0.1, 0.15) is 58.3 Å². The van der Waals surface area contributed by atoms with Crippen LogP contribution in [0.3, 0.4) is 0 Å². The second-order valence-corrected chi connectivity index (χ2v) is 6.24. The lowest BCUT2D eigenvalue weighted by molar-refractivity contribution is -0.118. The first-order chi connectivity index (χ1) is 8.65. The van der Waals surface area contributed by atoms with Gasteiger partial charge >= 0.3 is 0 Å². The molecule has 2 fully saturated rings. The molecule has 1 saturated heterocycles. The zero-order valence-electron chi connectivity index (χ0n) is 11.6. The SMILES string of the molecule is CC(=O)CC1CCCN1CC(O)CC1CCCC1. The molecule has 3 heteroatoms. The maximum absolute atomic E-state index is 11.2. The number of aliphatic hydroxyl groups excluding tert-OH is 1. The van der Waals surface area contributed by atoms with E-state index >= 15 is 0 Å². The molecule has 0 bridgehead atoms. The first kappa shape index (κ1) is 14.0. The molecule has 1 aliphatic carbocycles. The summed E-state index contributed by atoms with van der Waals surface area (Å²) in [4.78, 5) is 13.6. The van der Waals surface area contributed by atoms with E-state index in [0.717, 1.165) is 31.8 Å². The van der Waals surface area contributed by atoms with Gasteiger partial charge < -0.3 is 5.11 Å². The van der Waals surface area contributed by atoms with Crippen molar-refractivity contribution in [2.45, 2.75) is 70.4 Å². The van der Waals surface area contributed by atoms with Crippen molar-refractivity contribution in [2.75, 3.05) is 13.1 Å². The Balaban J connectivity index is 1.74. The van der Waals surface area contributed by atoms with E-state index in [9.17, 15) is 9.90 Å². The Hall–Kier alpha value is -0.410. The molecule has 2 unspecified atom stereocenters. The number of hydrogen-bond acceptors (Lipinski definition) is 3. The minimum Gasteiger partial charge on any atom is -0.392 e. The lowest BCUT2D eigenvalue weighted by Gasteiger charge is -2.27. The summed E-state index contributed by atoms with van der Waals surface area (Å²) in [5.74, 6) is 1.02. The van der Waals surface area contributed by atoms with E-state index in [2.05, 4.69) is 4.90 Å². The molecule has 1 N–H and O–H groups in total. The number of hydrogen-bond donors (Lipinski definition) is 1. The van der Waals surface area contributed by atoms with Gasteiger partial charge in [-0.1, -0.05) is 25.7 Å². The van der Waals surface area contributed by atoms with Crippen LogP contribution in [0.25, 0.3) is 0 Å². The first-order valence-corrected chi connectivity index (χ1v) is 7.56. The van der Waals surface area contributed by atoms with Crippen molar-refractivity contribution in [3.05, 3.63) is 0 Å². The molecular formula is C15H27NO2. The highest BCUT2D eigenvalue weighted by atomic mass is 16.3. The quantitative estimate of drug-likeness (QED) is 0.790. The van der Waals surface area contributed by atoms with Crippen molar-refractivity contribution in [2.24, 2.45) is 5.92 Å². The molecule has 2 aliphatic rings. The van der Waals surface area contributed by atoms with Gasteiger partial charge in [0.25, 0.3) is 0 Å². The van der Waals surface area contributed by atoms with E-state index in [1.807, 2.05) is 0 Å². The minimum atomic E-state index is -0.194. The van der Waals surface area contributed by atoms with E-state index in [1.54, 1.807) is 6.92 Å². The molecule has 0 aromatic rings. The molecule has 18 heavy (non-hydrogen) atoms. The van der Waals surface area contributed by atoms with Crippen LogP contribution in [0.5, 0.6) is 0 Å². The maximum Gasteiger partial charge on any atom is 0.131 e. The average molecular weight is 253 g/mol. The molecule has 0 amide bonds. The number of Topliss-reactive ketones (excluding diaryl/α,β-unsaturated/α-hetero) is 1. The summed E-state index contributed by atoms with van der Waals surface area (Å²) in [6, 6.07) is 0.390. The highest BCUT2D eigenvalue weighted by Gasteiger charge is 2.28. The van der Waals surface area contributed by atoms with E-state index < -0.39 is 0 Å². The van der Waals surface area contributed by atoms with Crippen LogP contribution in [0.4, 0.5) is 0 Å². The van der Waals surface area contributed by atoms with E-state index in [1.165, 1.54) is 32.1 Å². The zero-order chi connectivity index (χ0) is 13.0. The van der Waals surface area contributed by atoms with Gasteiger partial charge in [-0.3, -0.25) is 9.69 Å². The van der Waals surface area contributed by atoms with Crippen molar-refractivity contribution >= 4 is 5.78 Å². The monoisotopic (exact) mass is 253 g/mol. The minimum absolute atomic E-state index is 0.194. The van der Waals surface area contributed by atoms with E-state index in [-0.39, 0.29) is 11.9 Å². The Labute approximate surface area is 111 Å². The van der Waals surface area contributed by atoms with Gasteiger partial charge in [-0.15, -0.1) is 0 Å². The molecule has 3 nitrogen and oxygen atoms in total. The van der Waals surface area contributed by atoms with Crippen LogP contribution in [0, 0.1) is 5.92 Å².